The Morgan fingerprint density at radius 1 is 0.818 bits per heavy atom. The lowest BCUT2D eigenvalue weighted by atomic mass is 9.77. The van der Waals surface area contributed by atoms with Crippen LogP contribution < -0.4 is 0 Å². The monoisotopic (exact) mass is 452 g/mol. The molecule has 0 saturated heterocycles. The Bertz CT molecular complexity index is 1390. The normalized spacial score (nSPS) is 17.2. The fraction of sp³-hybridized carbons (Fsp3) is 0.0833. The van der Waals surface area contributed by atoms with E-state index in [9.17, 15) is 22.0 Å². The van der Waals surface area contributed by atoms with Gasteiger partial charge in [0.2, 0.25) is 0 Å². The van der Waals surface area contributed by atoms with Crippen LogP contribution in [0.5, 0.6) is 0 Å². The molecule has 3 heterocycles. The number of aliphatic imine (C=N–C) groups is 1. The van der Waals surface area contributed by atoms with Crippen molar-refractivity contribution in [2.75, 3.05) is 0 Å². The standard InChI is InChI=1S/C24H13F5N4/c25-20-3-1-2-19-18(20)12-33-23(19,16-6-7-32-22(9-16)24(27,28)29)15-4-5-21(26)17(8-15)14-10-30-13-31-11-14/h1-13H. The van der Waals surface area contributed by atoms with Crippen molar-refractivity contribution in [1.29, 1.82) is 0 Å². The molecule has 0 fully saturated rings. The van der Waals surface area contributed by atoms with E-state index in [4.69, 9.17) is 0 Å². The SMILES string of the molecule is Fc1ccc(C2(c3ccnc(C(F)(F)F)c3)N=Cc3c(F)cccc32)cc1-c1cncnc1. The molecule has 2 aromatic heterocycles. The lowest BCUT2D eigenvalue weighted by Crippen LogP contribution is -2.26. The Kier molecular flexibility index (Phi) is 4.77. The number of pyridine rings is 1. The van der Waals surface area contributed by atoms with Gasteiger partial charge < -0.3 is 0 Å². The number of rotatable bonds is 3. The quantitative estimate of drug-likeness (QED) is 0.383. The minimum Gasteiger partial charge on any atom is -0.271 e. The van der Waals surface area contributed by atoms with Crippen LogP contribution in [0.15, 0.2) is 78.4 Å². The molecule has 0 spiro atoms. The Hall–Kier alpha value is -4.01. The summed E-state index contributed by atoms with van der Waals surface area (Å²) in [6.45, 7) is 0. The highest BCUT2D eigenvalue weighted by molar-refractivity contribution is 5.89. The fourth-order valence-electron chi connectivity index (χ4n) is 4.06. The second-order valence-corrected chi connectivity index (χ2v) is 7.42. The molecule has 0 amide bonds. The Morgan fingerprint density at radius 3 is 2.33 bits per heavy atom. The first kappa shape index (κ1) is 20.9. The van der Waals surface area contributed by atoms with E-state index in [0.29, 0.717) is 16.7 Å². The Labute approximate surface area is 184 Å². The van der Waals surface area contributed by atoms with Gasteiger partial charge in [-0.2, -0.15) is 13.2 Å². The van der Waals surface area contributed by atoms with Gasteiger partial charge in [-0.3, -0.25) is 9.98 Å². The second kappa shape index (κ2) is 7.54. The van der Waals surface area contributed by atoms with Gasteiger partial charge in [-0.25, -0.2) is 18.7 Å². The summed E-state index contributed by atoms with van der Waals surface area (Å²) in [5, 5.41) is 0. The van der Waals surface area contributed by atoms with Gasteiger partial charge >= 0.3 is 6.18 Å². The highest BCUT2D eigenvalue weighted by Crippen LogP contribution is 2.47. The molecule has 0 N–H and O–H groups in total. The molecular weight excluding hydrogens is 439 g/mol. The Morgan fingerprint density at radius 2 is 1.58 bits per heavy atom. The minimum atomic E-state index is -4.69. The van der Waals surface area contributed by atoms with Gasteiger partial charge in [-0.15, -0.1) is 0 Å². The van der Waals surface area contributed by atoms with E-state index < -0.39 is 29.0 Å². The molecule has 164 valence electrons. The predicted molar refractivity (Wildman–Crippen MR) is 111 cm³/mol. The maximum atomic E-state index is 14.7. The molecule has 4 nitrogen and oxygen atoms in total. The zero-order valence-electron chi connectivity index (χ0n) is 16.7. The first-order chi connectivity index (χ1) is 15.8. The third kappa shape index (κ3) is 3.36. The predicted octanol–water partition coefficient (Wildman–Crippen LogP) is 5.56. The lowest BCUT2D eigenvalue weighted by molar-refractivity contribution is -0.141. The summed E-state index contributed by atoms with van der Waals surface area (Å²) in [5.41, 5.74) is -1.19. The van der Waals surface area contributed by atoms with Crippen LogP contribution >= 0.6 is 0 Å². The van der Waals surface area contributed by atoms with Crippen molar-refractivity contribution in [2.45, 2.75) is 11.7 Å². The van der Waals surface area contributed by atoms with E-state index in [1.807, 2.05) is 0 Å². The largest absolute Gasteiger partial charge is 0.433 e. The molecule has 1 unspecified atom stereocenters. The molecule has 0 aliphatic carbocycles. The number of fused-ring (bicyclic) bond motifs is 1. The summed E-state index contributed by atoms with van der Waals surface area (Å²) in [5.74, 6) is -1.14. The summed E-state index contributed by atoms with van der Waals surface area (Å²) in [6, 6.07) is 10.6. The van der Waals surface area contributed by atoms with Crippen LogP contribution in [0.4, 0.5) is 22.0 Å². The zero-order chi connectivity index (χ0) is 23.2. The highest BCUT2D eigenvalue weighted by atomic mass is 19.4. The average molecular weight is 452 g/mol. The van der Waals surface area contributed by atoms with Crippen molar-refractivity contribution in [2.24, 2.45) is 4.99 Å². The third-order valence-corrected chi connectivity index (χ3v) is 5.55. The second-order valence-electron chi connectivity index (χ2n) is 7.42. The van der Waals surface area contributed by atoms with Crippen LogP contribution in [0.2, 0.25) is 0 Å². The van der Waals surface area contributed by atoms with Crippen LogP contribution in [0.25, 0.3) is 11.1 Å². The van der Waals surface area contributed by atoms with E-state index in [2.05, 4.69) is 19.9 Å². The van der Waals surface area contributed by atoms with E-state index >= 15 is 0 Å². The number of nitrogens with zero attached hydrogens (tertiary/aromatic N) is 4. The van der Waals surface area contributed by atoms with Crippen LogP contribution in [0, 0.1) is 11.6 Å². The fourth-order valence-corrected chi connectivity index (χ4v) is 4.06. The van der Waals surface area contributed by atoms with Crippen LogP contribution in [0.3, 0.4) is 0 Å². The van der Waals surface area contributed by atoms with Gasteiger partial charge in [-0.05, 0) is 41.5 Å². The van der Waals surface area contributed by atoms with Crippen molar-refractivity contribution in [3.05, 3.63) is 113 Å². The minimum absolute atomic E-state index is 0.118. The van der Waals surface area contributed by atoms with Crippen molar-refractivity contribution in [3.63, 3.8) is 0 Å². The summed E-state index contributed by atoms with van der Waals surface area (Å²) < 4.78 is 69.7. The molecule has 4 aromatic rings. The van der Waals surface area contributed by atoms with Gasteiger partial charge in [-0.1, -0.05) is 18.2 Å². The Balaban J connectivity index is 1.81. The molecular formula is C24H13F5N4. The average Bonchev–Trinajstić information content (AvgIpc) is 3.21. The van der Waals surface area contributed by atoms with Gasteiger partial charge in [0.25, 0.3) is 0 Å². The summed E-state index contributed by atoms with van der Waals surface area (Å²) in [4.78, 5) is 15.7. The molecule has 1 aliphatic rings. The molecule has 0 bridgehead atoms. The maximum Gasteiger partial charge on any atom is 0.433 e. The molecule has 1 aliphatic heterocycles. The van der Waals surface area contributed by atoms with Crippen LogP contribution in [0.1, 0.15) is 27.9 Å². The molecule has 9 heteroatoms. The number of halogens is 5. The molecule has 0 radical (unpaired) electrons. The molecule has 2 aromatic carbocycles. The zero-order valence-corrected chi connectivity index (χ0v) is 16.7. The van der Waals surface area contributed by atoms with E-state index in [-0.39, 0.29) is 16.7 Å². The van der Waals surface area contributed by atoms with Gasteiger partial charge in [0.05, 0.1) is 0 Å². The summed E-state index contributed by atoms with van der Waals surface area (Å²) in [7, 11) is 0. The molecule has 0 saturated carbocycles. The lowest BCUT2D eigenvalue weighted by Gasteiger charge is -2.30. The van der Waals surface area contributed by atoms with Gasteiger partial charge in [0, 0.05) is 47.1 Å². The molecule has 5 rings (SSSR count). The van der Waals surface area contributed by atoms with Gasteiger partial charge in [0.1, 0.15) is 29.2 Å². The van der Waals surface area contributed by atoms with Crippen molar-refractivity contribution in [1.82, 2.24) is 15.0 Å². The van der Waals surface area contributed by atoms with E-state index in [0.717, 1.165) is 12.3 Å². The van der Waals surface area contributed by atoms with Crippen LogP contribution in [-0.2, 0) is 11.7 Å². The number of alkyl halides is 3. The topological polar surface area (TPSA) is 51.0 Å². The number of hydrogen-bond acceptors (Lipinski definition) is 4. The van der Waals surface area contributed by atoms with Crippen molar-refractivity contribution < 1.29 is 22.0 Å². The first-order valence-electron chi connectivity index (χ1n) is 9.74. The van der Waals surface area contributed by atoms with E-state index in [1.54, 1.807) is 6.07 Å². The van der Waals surface area contributed by atoms with E-state index in [1.165, 1.54) is 61.3 Å². The number of benzene rings is 2. The van der Waals surface area contributed by atoms with Crippen molar-refractivity contribution >= 4 is 6.21 Å². The molecule has 33 heavy (non-hydrogen) atoms. The summed E-state index contributed by atoms with van der Waals surface area (Å²) in [6.07, 6.45) is 1.75. The van der Waals surface area contributed by atoms with Gasteiger partial charge in [0.15, 0.2) is 0 Å². The smallest absolute Gasteiger partial charge is 0.271 e. The summed E-state index contributed by atoms with van der Waals surface area (Å²) >= 11 is 0. The first-order valence-corrected chi connectivity index (χ1v) is 9.74. The van der Waals surface area contributed by atoms with Crippen LogP contribution in [-0.4, -0.2) is 21.2 Å². The number of aromatic nitrogens is 3. The van der Waals surface area contributed by atoms with Crippen molar-refractivity contribution in [3.8, 4) is 11.1 Å². The number of hydrogen-bond donors (Lipinski definition) is 0. The maximum absolute atomic E-state index is 14.7. The highest BCUT2D eigenvalue weighted by Gasteiger charge is 2.43. The third-order valence-electron chi connectivity index (χ3n) is 5.55. The molecule has 1 atom stereocenters.